The Bertz CT molecular complexity index is 982. The molecule has 2 aromatic carbocycles. The van der Waals surface area contributed by atoms with Gasteiger partial charge in [0.1, 0.15) is 0 Å². The normalized spacial score (nSPS) is 13.4. The van der Waals surface area contributed by atoms with E-state index >= 15 is 0 Å². The van der Waals surface area contributed by atoms with Crippen LogP contribution < -0.4 is 5.32 Å². The number of carboxylic acid groups (broad SMARTS) is 1. The van der Waals surface area contributed by atoms with Crippen molar-refractivity contribution in [3.8, 4) is 0 Å². The summed E-state index contributed by atoms with van der Waals surface area (Å²) in [4.78, 5) is 49.9. The standard InChI is InChI=1S/C22H22N2O5/c1-22(2,11-10-18(25)26)23-19(27)15-8-9-16-17(12-15)21(29)24(20(16)28)13-14-6-4-3-5-7-14/h3-9,12H,10-11,13H2,1-2H3,(H,23,27)(H,25,26). The molecule has 2 N–H and O–H groups in total. The van der Waals surface area contributed by atoms with Crippen molar-refractivity contribution in [3.63, 3.8) is 0 Å². The lowest BCUT2D eigenvalue weighted by atomic mass is 9.97. The average molecular weight is 394 g/mol. The molecule has 1 aliphatic heterocycles. The van der Waals surface area contributed by atoms with Crippen molar-refractivity contribution in [2.24, 2.45) is 0 Å². The van der Waals surface area contributed by atoms with Gasteiger partial charge in [-0.1, -0.05) is 30.3 Å². The number of carbonyl (C=O) groups excluding carboxylic acids is 3. The van der Waals surface area contributed by atoms with Crippen LogP contribution in [0.4, 0.5) is 0 Å². The highest BCUT2D eigenvalue weighted by atomic mass is 16.4. The minimum absolute atomic E-state index is 0.0705. The minimum Gasteiger partial charge on any atom is -0.481 e. The van der Waals surface area contributed by atoms with E-state index in [2.05, 4.69) is 5.32 Å². The zero-order valence-electron chi connectivity index (χ0n) is 16.3. The number of fused-ring (bicyclic) bond motifs is 1. The van der Waals surface area contributed by atoms with Gasteiger partial charge in [-0.25, -0.2) is 0 Å². The summed E-state index contributed by atoms with van der Waals surface area (Å²) in [7, 11) is 0. The summed E-state index contributed by atoms with van der Waals surface area (Å²) in [5, 5.41) is 11.6. The summed E-state index contributed by atoms with van der Waals surface area (Å²) in [6, 6.07) is 13.6. The lowest BCUT2D eigenvalue weighted by Gasteiger charge is -2.25. The van der Waals surface area contributed by atoms with E-state index in [1.54, 1.807) is 13.8 Å². The van der Waals surface area contributed by atoms with Crippen LogP contribution in [0.15, 0.2) is 48.5 Å². The minimum atomic E-state index is -0.938. The van der Waals surface area contributed by atoms with Crippen LogP contribution in [-0.2, 0) is 11.3 Å². The van der Waals surface area contributed by atoms with E-state index in [0.717, 1.165) is 5.56 Å². The highest BCUT2D eigenvalue weighted by Gasteiger charge is 2.36. The summed E-state index contributed by atoms with van der Waals surface area (Å²) < 4.78 is 0. The third kappa shape index (κ3) is 4.51. The fourth-order valence-corrected chi connectivity index (χ4v) is 3.20. The molecule has 3 rings (SSSR count). The molecule has 0 spiro atoms. The molecule has 0 fully saturated rings. The maximum absolute atomic E-state index is 12.8. The van der Waals surface area contributed by atoms with Crippen molar-refractivity contribution in [2.75, 3.05) is 0 Å². The van der Waals surface area contributed by atoms with Crippen molar-refractivity contribution in [3.05, 3.63) is 70.8 Å². The van der Waals surface area contributed by atoms with E-state index in [4.69, 9.17) is 5.11 Å². The second kappa shape index (κ2) is 7.87. The first-order valence-electron chi connectivity index (χ1n) is 9.26. The number of carbonyl (C=O) groups is 4. The summed E-state index contributed by atoms with van der Waals surface area (Å²) in [5.41, 5.74) is 0.817. The zero-order chi connectivity index (χ0) is 21.2. The lowest BCUT2D eigenvalue weighted by molar-refractivity contribution is -0.137. The molecule has 150 valence electrons. The van der Waals surface area contributed by atoms with Gasteiger partial charge in [0, 0.05) is 17.5 Å². The molecule has 0 saturated heterocycles. The van der Waals surface area contributed by atoms with Crippen molar-refractivity contribution in [1.82, 2.24) is 10.2 Å². The Hall–Kier alpha value is -3.48. The van der Waals surface area contributed by atoms with Gasteiger partial charge in [0.25, 0.3) is 17.7 Å². The third-order valence-electron chi connectivity index (χ3n) is 4.83. The van der Waals surface area contributed by atoms with Gasteiger partial charge in [-0.2, -0.15) is 0 Å². The molecular formula is C22H22N2O5. The summed E-state index contributed by atoms with van der Waals surface area (Å²) in [6.45, 7) is 3.63. The number of amides is 3. The monoisotopic (exact) mass is 394 g/mol. The Morgan fingerprint density at radius 1 is 1.00 bits per heavy atom. The first-order chi connectivity index (χ1) is 13.7. The van der Waals surface area contributed by atoms with Gasteiger partial charge in [-0.05, 0) is 44.0 Å². The maximum Gasteiger partial charge on any atom is 0.303 e. The molecule has 0 atom stereocenters. The fraction of sp³-hybridized carbons (Fsp3) is 0.273. The van der Waals surface area contributed by atoms with Crippen LogP contribution in [0, 0.1) is 0 Å². The Kier molecular flexibility index (Phi) is 5.50. The predicted octanol–water partition coefficient (Wildman–Crippen LogP) is 2.86. The van der Waals surface area contributed by atoms with Crippen LogP contribution in [0.25, 0.3) is 0 Å². The van der Waals surface area contributed by atoms with E-state index in [-0.39, 0.29) is 42.0 Å². The van der Waals surface area contributed by atoms with Gasteiger partial charge in [0.05, 0.1) is 17.7 Å². The largest absolute Gasteiger partial charge is 0.481 e. The van der Waals surface area contributed by atoms with Crippen LogP contribution in [0.1, 0.15) is 63.3 Å². The van der Waals surface area contributed by atoms with Crippen molar-refractivity contribution in [1.29, 1.82) is 0 Å². The zero-order valence-corrected chi connectivity index (χ0v) is 16.3. The summed E-state index contributed by atoms with van der Waals surface area (Å²) in [5.74, 6) is -2.19. The van der Waals surface area contributed by atoms with Crippen LogP contribution in [0.5, 0.6) is 0 Å². The fourth-order valence-electron chi connectivity index (χ4n) is 3.20. The number of hydrogen-bond donors (Lipinski definition) is 2. The van der Waals surface area contributed by atoms with Crippen LogP contribution in [-0.4, -0.2) is 39.2 Å². The molecule has 2 aromatic rings. The van der Waals surface area contributed by atoms with Gasteiger partial charge in [0.2, 0.25) is 0 Å². The highest BCUT2D eigenvalue weighted by molar-refractivity contribution is 6.22. The van der Waals surface area contributed by atoms with E-state index < -0.39 is 23.3 Å². The molecule has 0 aliphatic carbocycles. The molecular weight excluding hydrogens is 372 g/mol. The van der Waals surface area contributed by atoms with Crippen LogP contribution >= 0.6 is 0 Å². The van der Waals surface area contributed by atoms with Gasteiger partial charge >= 0.3 is 5.97 Å². The number of aliphatic carboxylic acids is 1. The second-order valence-corrected chi connectivity index (χ2v) is 7.67. The van der Waals surface area contributed by atoms with E-state index in [9.17, 15) is 19.2 Å². The molecule has 0 saturated carbocycles. The van der Waals surface area contributed by atoms with Crippen molar-refractivity contribution in [2.45, 2.75) is 38.8 Å². The molecule has 7 heteroatoms. The number of nitrogens with one attached hydrogen (secondary N) is 1. The first kappa shape index (κ1) is 20.3. The number of benzene rings is 2. The quantitative estimate of drug-likeness (QED) is 0.703. The Labute approximate surface area is 168 Å². The Morgan fingerprint density at radius 3 is 2.31 bits per heavy atom. The van der Waals surface area contributed by atoms with Crippen molar-refractivity contribution < 1.29 is 24.3 Å². The maximum atomic E-state index is 12.8. The molecule has 1 aliphatic rings. The van der Waals surface area contributed by atoms with E-state index in [1.165, 1.54) is 23.1 Å². The summed E-state index contributed by atoms with van der Waals surface area (Å²) in [6.07, 6.45) is 0.195. The number of hydrogen-bond acceptors (Lipinski definition) is 4. The van der Waals surface area contributed by atoms with Gasteiger partial charge in [0.15, 0.2) is 0 Å². The van der Waals surface area contributed by atoms with Gasteiger partial charge in [-0.3, -0.25) is 24.1 Å². The van der Waals surface area contributed by atoms with Crippen LogP contribution in [0.3, 0.4) is 0 Å². The number of imide groups is 1. The topological polar surface area (TPSA) is 104 Å². The summed E-state index contributed by atoms with van der Waals surface area (Å²) >= 11 is 0. The molecule has 0 bridgehead atoms. The van der Waals surface area contributed by atoms with Gasteiger partial charge in [-0.15, -0.1) is 0 Å². The van der Waals surface area contributed by atoms with Crippen LogP contribution in [0.2, 0.25) is 0 Å². The molecule has 0 aromatic heterocycles. The molecule has 1 heterocycles. The first-order valence-corrected chi connectivity index (χ1v) is 9.26. The van der Waals surface area contributed by atoms with E-state index in [1.807, 2.05) is 30.3 Å². The van der Waals surface area contributed by atoms with E-state index in [0.29, 0.717) is 0 Å². The van der Waals surface area contributed by atoms with Gasteiger partial charge < -0.3 is 10.4 Å². The second-order valence-electron chi connectivity index (χ2n) is 7.67. The number of rotatable bonds is 7. The molecule has 7 nitrogen and oxygen atoms in total. The molecule has 29 heavy (non-hydrogen) atoms. The molecule has 3 amide bonds. The third-order valence-corrected chi connectivity index (χ3v) is 4.83. The predicted molar refractivity (Wildman–Crippen MR) is 106 cm³/mol. The lowest BCUT2D eigenvalue weighted by Crippen LogP contribution is -2.43. The highest BCUT2D eigenvalue weighted by Crippen LogP contribution is 2.26. The average Bonchev–Trinajstić information content (AvgIpc) is 2.91. The number of nitrogens with zero attached hydrogens (tertiary/aromatic N) is 1. The SMILES string of the molecule is CC(C)(CCC(=O)O)NC(=O)c1ccc2c(c1)C(=O)N(Cc1ccccc1)C2=O. The smallest absolute Gasteiger partial charge is 0.303 e. The molecule has 0 radical (unpaired) electrons. The Balaban J connectivity index is 1.77. The van der Waals surface area contributed by atoms with Crippen molar-refractivity contribution >= 4 is 23.7 Å². The molecule has 0 unspecified atom stereocenters. The Morgan fingerprint density at radius 2 is 1.66 bits per heavy atom. The number of carboxylic acids is 1.